The highest BCUT2D eigenvalue weighted by atomic mass is 35.5. The summed E-state index contributed by atoms with van der Waals surface area (Å²) in [5.41, 5.74) is 2.04. The zero-order valence-corrected chi connectivity index (χ0v) is 13.2. The fraction of sp³-hybridized carbons (Fsp3) is 0.286. The van der Waals surface area contributed by atoms with Crippen molar-refractivity contribution in [3.05, 3.63) is 55.2 Å². The Morgan fingerprint density at radius 3 is 2.89 bits per heavy atom. The van der Waals surface area contributed by atoms with Crippen molar-refractivity contribution in [3.63, 3.8) is 0 Å². The zero-order chi connectivity index (χ0) is 13.4. The maximum absolute atomic E-state index is 10.5. The Labute approximate surface area is 130 Å². The lowest BCUT2D eigenvalue weighted by molar-refractivity contribution is 0.224. The summed E-state index contributed by atoms with van der Waals surface area (Å²) in [6.45, 7) is 0. The number of hydrogen-bond acceptors (Lipinski definition) is 3. The molecular formula is C14H12Cl2OS2. The predicted molar refractivity (Wildman–Crippen MR) is 84.7 cm³/mol. The van der Waals surface area contributed by atoms with E-state index in [1.807, 2.05) is 23.9 Å². The van der Waals surface area contributed by atoms with E-state index in [0.29, 0.717) is 15.6 Å². The first-order valence-corrected chi connectivity index (χ1v) is 8.70. The highest BCUT2D eigenvalue weighted by Crippen LogP contribution is 2.39. The van der Waals surface area contributed by atoms with Crippen molar-refractivity contribution in [3.8, 4) is 0 Å². The number of hydrogen-bond donors (Lipinski definition) is 1. The molecule has 5 heteroatoms. The van der Waals surface area contributed by atoms with Crippen LogP contribution in [0.1, 0.15) is 27.0 Å². The first kappa shape index (κ1) is 13.8. The van der Waals surface area contributed by atoms with Crippen molar-refractivity contribution in [1.29, 1.82) is 0 Å². The first-order valence-electron chi connectivity index (χ1n) is 5.98. The second kappa shape index (κ2) is 5.66. The van der Waals surface area contributed by atoms with Crippen LogP contribution in [0, 0.1) is 0 Å². The van der Waals surface area contributed by atoms with Gasteiger partial charge in [-0.05, 0) is 29.9 Å². The third-order valence-electron chi connectivity index (χ3n) is 3.19. The van der Waals surface area contributed by atoms with Gasteiger partial charge in [0, 0.05) is 21.1 Å². The molecule has 19 heavy (non-hydrogen) atoms. The van der Waals surface area contributed by atoms with Crippen molar-refractivity contribution in [2.24, 2.45) is 0 Å². The molecule has 0 spiro atoms. The Hall–Kier alpha value is -0.190. The number of rotatable bonds is 2. The van der Waals surface area contributed by atoms with Gasteiger partial charge in [0.15, 0.2) is 0 Å². The molecule has 0 aliphatic carbocycles. The molecule has 0 saturated heterocycles. The summed E-state index contributed by atoms with van der Waals surface area (Å²) in [6, 6.07) is 7.48. The van der Waals surface area contributed by atoms with Gasteiger partial charge in [-0.1, -0.05) is 35.3 Å². The number of aliphatic hydroxyl groups is 1. The van der Waals surface area contributed by atoms with Gasteiger partial charge in [0.05, 0.1) is 10.0 Å². The van der Waals surface area contributed by atoms with E-state index >= 15 is 0 Å². The summed E-state index contributed by atoms with van der Waals surface area (Å²) in [7, 11) is 0. The molecule has 1 aliphatic rings. The van der Waals surface area contributed by atoms with Gasteiger partial charge in [-0.3, -0.25) is 0 Å². The maximum atomic E-state index is 10.5. The molecule has 1 aromatic carbocycles. The number of aliphatic hydroxyl groups excluding tert-OH is 1. The van der Waals surface area contributed by atoms with Gasteiger partial charge in [0.1, 0.15) is 6.10 Å². The van der Waals surface area contributed by atoms with Crippen LogP contribution in [0.5, 0.6) is 0 Å². The van der Waals surface area contributed by atoms with Crippen LogP contribution in [0.3, 0.4) is 0 Å². The van der Waals surface area contributed by atoms with Crippen LogP contribution in [-0.2, 0) is 12.2 Å². The van der Waals surface area contributed by atoms with Gasteiger partial charge >= 0.3 is 0 Å². The molecule has 0 bridgehead atoms. The van der Waals surface area contributed by atoms with Crippen molar-refractivity contribution < 1.29 is 5.11 Å². The summed E-state index contributed by atoms with van der Waals surface area (Å²) in [5.74, 6) is 2.21. The summed E-state index contributed by atoms with van der Waals surface area (Å²) in [5, 5.41) is 11.4. The molecule has 0 fully saturated rings. The van der Waals surface area contributed by atoms with E-state index in [1.54, 1.807) is 17.4 Å². The second-order valence-corrected chi connectivity index (χ2v) is 7.50. The largest absolute Gasteiger partial charge is 0.383 e. The lowest BCUT2D eigenvalue weighted by Crippen LogP contribution is -1.98. The summed E-state index contributed by atoms with van der Waals surface area (Å²) < 4.78 is 0. The maximum Gasteiger partial charge on any atom is 0.115 e. The van der Waals surface area contributed by atoms with E-state index in [4.69, 9.17) is 23.2 Å². The van der Waals surface area contributed by atoms with E-state index < -0.39 is 6.10 Å². The predicted octanol–water partition coefficient (Wildman–Crippen LogP) is 4.93. The van der Waals surface area contributed by atoms with Gasteiger partial charge in [-0.2, -0.15) is 11.8 Å². The van der Waals surface area contributed by atoms with E-state index in [2.05, 4.69) is 6.07 Å². The number of aryl methyl sites for hydroxylation is 1. The molecule has 2 aromatic rings. The second-order valence-electron chi connectivity index (χ2n) is 4.45. The van der Waals surface area contributed by atoms with Crippen molar-refractivity contribution in [2.45, 2.75) is 18.3 Å². The summed E-state index contributed by atoms with van der Waals surface area (Å²) in [4.78, 5) is 2.35. The standard InChI is InChI=1S/C14H12Cl2OS2/c15-10-3-1-2-9(13(10)16)14(17)12-6-8-7-18-5-4-11(8)19-12/h1-3,6,14,17H,4-5,7H2. The molecule has 1 atom stereocenters. The smallest absolute Gasteiger partial charge is 0.115 e. The number of thioether (sulfide) groups is 1. The van der Waals surface area contributed by atoms with Crippen LogP contribution in [0.25, 0.3) is 0 Å². The third kappa shape index (κ3) is 2.67. The molecule has 0 radical (unpaired) electrons. The monoisotopic (exact) mass is 330 g/mol. The van der Waals surface area contributed by atoms with Gasteiger partial charge in [-0.25, -0.2) is 0 Å². The van der Waals surface area contributed by atoms with Crippen LogP contribution < -0.4 is 0 Å². The minimum atomic E-state index is -0.688. The molecule has 1 N–H and O–H groups in total. The molecule has 100 valence electrons. The minimum Gasteiger partial charge on any atom is -0.383 e. The van der Waals surface area contributed by atoms with Gasteiger partial charge < -0.3 is 5.11 Å². The third-order valence-corrected chi connectivity index (χ3v) is 6.32. The van der Waals surface area contributed by atoms with E-state index in [1.165, 1.54) is 16.2 Å². The highest BCUT2D eigenvalue weighted by Gasteiger charge is 2.21. The summed E-state index contributed by atoms with van der Waals surface area (Å²) in [6.07, 6.45) is 0.410. The fourth-order valence-corrected chi connectivity index (χ4v) is 4.98. The van der Waals surface area contributed by atoms with E-state index in [0.717, 1.165) is 17.1 Å². The SMILES string of the molecule is OC(c1cc2c(s1)CCSC2)c1cccc(Cl)c1Cl. The van der Waals surface area contributed by atoms with Crippen molar-refractivity contribution in [2.75, 3.05) is 5.75 Å². The minimum absolute atomic E-state index is 0.442. The van der Waals surface area contributed by atoms with Crippen molar-refractivity contribution in [1.82, 2.24) is 0 Å². The van der Waals surface area contributed by atoms with Gasteiger partial charge in [-0.15, -0.1) is 11.3 Å². The van der Waals surface area contributed by atoms with Crippen LogP contribution >= 0.6 is 46.3 Å². The lowest BCUT2D eigenvalue weighted by atomic mass is 10.1. The highest BCUT2D eigenvalue weighted by molar-refractivity contribution is 7.98. The number of halogens is 2. The quantitative estimate of drug-likeness (QED) is 0.842. The van der Waals surface area contributed by atoms with E-state index in [-0.39, 0.29) is 0 Å². The van der Waals surface area contributed by atoms with Gasteiger partial charge in [0.2, 0.25) is 0 Å². The van der Waals surface area contributed by atoms with Gasteiger partial charge in [0.25, 0.3) is 0 Å². The molecule has 0 amide bonds. The molecule has 3 rings (SSSR count). The Balaban J connectivity index is 1.97. The molecule has 0 saturated carbocycles. The number of thiophene rings is 1. The normalized spacial score (nSPS) is 16.2. The number of fused-ring (bicyclic) bond motifs is 1. The van der Waals surface area contributed by atoms with Crippen LogP contribution in [0.15, 0.2) is 24.3 Å². The Morgan fingerprint density at radius 2 is 2.11 bits per heavy atom. The van der Waals surface area contributed by atoms with Crippen LogP contribution in [0.4, 0.5) is 0 Å². The molecule has 1 aliphatic heterocycles. The van der Waals surface area contributed by atoms with Crippen molar-refractivity contribution >= 4 is 46.3 Å². The van der Waals surface area contributed by atoms with E-state index in [9.17, 15) is 5.11 Å². The lowest BCUT2D eigenvalue weighted by Gasteiger charge is -2.11. The Kier molecular flexibility index (Phi) is 4.11. The fourth-order valence-electron chi connectivity index (χ4n) is 2.19. The zero-order valence-electron chi connectivity index (χ0n) is 10.0. The molecule has 1 nitrogen and oxygen atoms in total. The molecule has 1 unspecified atom stereocenters. The molecule has 2 heterocycles. The topological polar surface area (TPSA) is 20.2 Å². The van der Waals surface area contributed by atoms with Crippen LogP contribution in [0.2, 0.25) is 10.0 Å². The molecular weight excluding hydrogens is 319 g/mol. The average molecular weight is 331 g/mol. The Morgan fingerprint density at radius 1 is 1.26 bits per heavy atom. The average Bonchev–Trinajstić information content (AvgIpc) is 2.85. The summed E-state index contributed by atoms with van der Waals surface area (Å²) >= 11 is 15.8. The first-order chi connectivity index (χ1) is 9.16. The number of benzene rings is 1. The van der Waals surface area contributed by atoms with Crippen LogP contribution in [-0.4, -0.2) is 10.9 Å². The molecule has 1 aromatic heterocycles. The Bertz CT molecular complexity index is 586.